The Morgan fingerprint density at radius 2 is 1.73 bits per heavy atom. The van der Waals surface area contributed by atoms with E-state index in [1.807, 2.05) is 0 Å². The van der Waals surface area contributed by atoms with E-state index >= 15 is 0 Å². The monoisotopic (exact) mass is 236 g/mol. The fourth-order valence-corrected chi connectivity index (χ4v) is 1.87. The van der Waals surface area contributed by atoms with Gasteiger partial charge < -0.3 is 5.32 Å². The van der Waals surface area contributed by atoms with E-state index in [1.54, 1.807) is 0 Å². The molecule has 0 unspecified atom stereocenters. The number of nitrogens with one attached hydrogen (secondary N) is 2. The molecule has 92 valence electrons. The summed E-state index contributed by atoms with van der Waals surface area (Å²) in [5, 5.41) is 3.34. The van der Waals surface area contributed by atoms with E-state index in [0.717, 1.165) is 25.4 Å². The minimum Gasteiger partial charge on any atom is -0.316 e. The van der Waals surface area contributed by atoms with Crippen LogP contribution in [0.15, 0.2) is 0 Å². The largest absolute Gasteiger partial charge is 0.316 e. The second kappa shape index (κ2) is 8.07. The minimum atomic E-state index is -3.01. The quantitative estimate of drug-likeness (QED) is 0.586. The van der Waals surface area contributed by atoms with Crippen molar-refractivity contribution in [1.82, 2.24) is 10.0 Å². The molecule has 0 amide bonds. The molecule has 0 spiro atoms. The molecule has 0 aromatic heterocycles. The molecule has 0 rings (SSSR count). The lowest BCUT2D eigenvalue weighted by molar-refractivity contribution is 0.447. The fraction of sp³-hybridized carbons (Fsp3) is 1.00. The van der Waals surface area contributed by atoms with Crippen molar-refractivity contribution in [3.8, 4) is 0 Å². The van der Waals surface area contributed by atoms with Crippen LogP contribution in [0.5, 0.6) is 0 Å². The second-order valence-electron chi connectivity index (χ2n) is 3.91. The Morgan fingerprint density at radius 1 is 1.13 bits per heavy atom. The van der Waals surface area contributed by atoms with E-state index in [0.29, 0.717) is 6.54 Å². The van der Waals surface area contributed by atoms with Gasteiger partial charge in [0.05, 0.1) is 6.26 Å². The zero-order chi connectivity index (χ0) is 11.7. The zero-order valence-corrected chi connectivity index (χ0v) is 10.9. The molecule has 0 radical (unpaired) electrons. The summed E-state index contributed by atoms with van der Waals surface area (Å²) in [7, 11) is -3.01. The van der Waals surface area contributed by atoms with Gasteiger partial charge in [0.1, 0.15) is 0 Å². The highest BCUT2D eigenvalue weighted by molar-refractivity contribution is 7.88. The van der Waals surface area contributed by atoms with Crippen molar-refractivity contribution in [3.63, 3.8) is 0 Å². The van der Waals surface area contributed by atoms with Crippen LogP contribution < -0.4 is 10.0 Å². The minimum absolute atomic E-state index is 0.523. The summed E-state index contributed by atoms with van der Waals surface area (Å²) in [5.41, 5.74) is 0. The Labute approximate surface area is 93.9 Å². The molecule has 0 saturated heterocycles. The Bertz CT molecular complexity index is 236. The Hall–Kier alpha value is -0.130. The van der Waals surface area contributed by atoms with Crippen molar-refractivity contribution < 1.29 is 8.42 Å². The maximum Gasteiger partial charge on any atom is 0.208 e. The average molecular weight is 236 g/mol. The molecule has 0 heterocycles. The molecule has 0 aliphatic rings. The van der Waals surface area contributed by atoms with Gasteiger partial charge in [-0.05, 0) is 25.4 Å². The Balaban J connectivity index is 3.32. The third-order valence-corrected chi connectivity index (χ3v) is 3.21. The molecule has 0 atom stereocenters. The van der Waals surface area contributed by atoms with Gasteiger partial charge in [0, 0.05) is 6.54 Å². The van der Waals surface area contributed by atoms with Crippen LogP contribution in [0, 0.1) is 5.92 Å². The van der Waals surface area contributed by atoms with Crippen LogP contribution in [0.3, 0.4) is 0 Å². The molecule has 4 nitrogen and oxygen atoms in total. The predicted molar refractivity (Wildman–Crippen MR) is 64.4 cm³/mol. The van der Waals surface area contributed by atoms with E-state index in [-0.39, 0.29) is 0 Å². The molecule has 0 aromatic rings. The van der Waals surface area contributed by atoms with Crippen molar-refractivity contribution in [2.45, 2.75) is 33.1 Å². The number of hydrogen-bond acceptors (Lipinski definition) is 3. The molecule has 0 aliphatic carbocycles. The zero-order valence-electron chi connectivity index (χ0n) is 10.0. The average Bonchev–Trinajstić information content (AvgIpc) is 2.15. The summed E-state index contributed by atoms with van der Waals surface area (Å²) < 4.78 is 23.9. The lowest BCUT2D eigenvalue weighted by Gasteiger charge is -2.12. The maximum atomic E-state index is 10.7. The van der Waals surface area contributed by atoms with Crippen molar-refractivity contribution in [2.24, 2.45) is 5.92 Å². The van der Waals surface area contributed by atoms with Crippen LogP contribution in [-0.4, -0.2) is 34.3 Å². The summed E-state index contributed by atoms with van der Waals surface area (Å²) in [6.45, 7) is 6.82. The predicted octanol–water partition coefficient (Wildman–Crippen LogP) is 0.952. The molecule has 2 N–H and O–H groups in total. The Morgan fingerprint density at radius 3 is 2.20 bits per heavy atom. The Kier molecular flexibility index (Phi) is 8.00. The van der Waals surface area contributed by atoms with E-state index in [4.69, 9.17) is 0 Å². The molecular weight excluding hydrogens is 212 g/mol. The van der Waals surface area contributed by atoms with Crippen molar-refractivity contribution in [2.75, 3.05) is 25.9 Å². The van der Waals surface area contributed by atoms with Gasteiger partial charge in [0.15, 0.2) is 0 Å². The van der Waals surface area contributed by atoms with Gasteiger partial charge in [-0.2, -0.15) is 0 Å². The SMILES string of the molecule is CCC(CC)CNCCCNS(C)(=O)=O. The van der Waals surface area contributed by atoms with Gasteiger partial charge in [0.25, 0.3) is 0 Å². The summed E-state index contributed by atoms with van der Waals surface area (Å²) in [4.78, 5) is 0. The van der Waals surface area contributed by atoms with Crippen LogP contribution in [0.25, 0.3) is 0 Å². The number of rotatable bonds is 9. The van der Waals surface area contributed by atoms with Gasteiger partial charge in [-0.3, -0.25) is 0 Å². The lowest BCUT2D eigenvalue weighted by Crippen LogP contribution is -2.28. The topological polar surface area (TPSA) is 58.2 Å². The third kappa shape index (κ3) is 10.2. The summed E-state index contributed by atoms with van der Waals surface area (Å²) in [6, 6.07) is 0. The first-order chi connectivity index (χ1) is 6.99. The van der Waals surface area contributed by atoms with Crippen LogP contribution in [0.1, 0.15) is 33.1 Å². The fourth-order valence-electron chi connectivity index (χ4n) is 1.35. The molecule has 0 saturated carbocycles. The highest BCUT2D eigenvalue weighted by atomic mass is 32.2. The molecule has 0 aliphatic heterocycles. The molecular formula is C10H24N2O2S. The van der Waals surface area contributed by atoms with E-state index in [2.05, 4.69) is 23.9 Å². The summed E-state index contributed by atoms with van der Waals surface area (Å²) in [5.74, 6) is 0.743. The lowest BCUT2D eigenvalue weighted by atomic mass is 10.0. The molecule has 5 heteroatoms. The van der Waals surface area contributed by atoms with E-state index < -0.39 is 10.0 Å². The van der Waals surface area contributed by atoms with Gasteiger partial charge >= 0.3 is 0 Å². The smallest absolute Gasteiger partial charge is 0.208 e. The highest BCUT2D eigenvalue weighted by Gasteiger charge is 2.02. The summed E-state index contributed by atoms with van der Waals surface area (Å²) >= 11 is 0. The molecule has 0 aromatic carbocycles. The third-order valence-electron chi connectivity index (χ3n) is 2.48. The first-order valence-corrected chi connectivity index (χ1v) is 7.54. The maximum absolute atomic E-state index is 10.7. The van der Waals surface area contributed by atoms with Crippen molar-refractivity contribution in [1.29, 1.82) is 0 Å². The van der Waals surface area contributed by atoms with Gasteiger partial charge in [0.2, 0.25) is 10.0 Å². The van der Waals surface area contributed by atoms with Crippen LogP contribution in [0.4, 0.5) is 0 Å². The number of sulfonamides is 1. The van der Waals surface area contributed by atoms with Gasteiger partial charge in [-0.15, -0.1) is 0 Å². The van der Waals surface area contributed by atoms with E-state index in [1.165, 1.54) is 19.1 Å². The van der Waals surface area contributed by atoms with Crippen LogP contribution in [0.2, 0.25) is 0 Å². The first-order valence-electron chi connectivity index (χ1n) is 5.65. The number of hydrogen-bond donors (Lipinski definition) is 2. The van der Waals surface area contributed by atoms with Gasteiger partial charge in [-0.25, -0.2) is 13.1 Å². The molecule has 0 bridgehead atoms. The molecule has 0 fully saturated rings. The summed E-state index contributed by atoms with van der Waals surface area (Å²) in [6.07, 6.45) is 4.42. The first kappa shape index (κ1) is 14.9. The van der Waals surface area contributed by atoms with Crippen molar-refractivity contribution in [3.05, 3.63) is 0 Å². The van der Waals surface area contributed by atoms with Crippen molar-refractivity contribution >= 4 is 10.0 Å². The molecule has 15 heavy (non-hydrogen) atoms. The highest BCUT2D eigenvalue weighted by Crippen LogP contribution is 2.04. The van der Waals surface area contributed by atoms with E-state index in [9.17, 15) is 8.42 Å². The normalized spacial score (nSPS) is 12.3. The second-order valence-corrected chi connectivity index (χ2v) is 5.74. The van der Waals surface area contributed by atoms with Crippen LogP contribution >= 0.6 is 0 Å². The van der Waals surface area contributed by atoms with Gasteiger partial charge in [-0.1, -0.05) is 26.7 Å². The van der Waals surface area contributed by atoms with Crippen LogP contribution in [-0.2, 0) is 10.0 Å². The standard InChI is InChI=1S/C10H24N2O2S/c1-4-10(5-2)9-11-7-6-8-12-15(3,13)14/h10-12H,4-9H2,1-3H3.